The monoisotopic (exact) mass is 304 g/mol. The number of benzene rings is 1. The largest absolute Gasteiger partial charge is 0.342 e. The van der Waals surface area contributed by atoms with Crippen LogP contribution in [0, 0.1) is 0 Å². The lowest BCUT2D eigenvalue weighted by Crippen LogP contribution is -2.24. The Morgan fingerprint density at radius 3 is 2.47 bits per heavy atom. The Labute approximate surface area is 119 Å². The summed E-state index contributed by atoms with van der Waals surface area (Å²) in [5.41, 5.74) is 1.52. The topological polar surface area (TPSA) is 28.7 Å². The second-order valence-corrected chi connectivity index (χ2v) is 5.85. The van der Waals surface area contributed by atoms with Crippen LogP contribution in [0.25, 0.3) is 11.0 Å². The number of rotatable bonds is 1. The van der Waals surface area contributed by atoms with E-state index in [9.17, 15) is 8.78 Å². The fourth-order valence-electron chi connectivity index (χ4n) is 2.53. The lowest BCUT2D eigenvalue weighted by molar-refractivity contribution is -0.0387. The molecule has 0 unspecified atom stereocenters. The van der Waals surface area contributed by atoms with E-state index in [1.807, 2.05) is 0 Å². The fraction of sp³-hybridized carbons (Fsp3) is 0.462. The zero-order valence-corrected chi connectivity index (χ0v) is 11.5. The molecule has 1 heterocycles. The first-order valence-corrected chi connectivity index (χ1v) is 6.93. The number of aromatic nitrogens is 2. The van der Waals surface area contributed by atoms with Gasteiger partial charge in [0.25, 0.3) is 0 Å². The standard InChI is InChI=1S/C13H12Cl2F2N2/c14-8-5-10-11(6-9(8)15)19-12(18-10)7-1-3-13(16,17)4-2-7/h5-7H,1-4H2,(H,18,19). The van der Waals surface area contributed by atoms with Crippen molar-refractivity contribution in [1.29, 1.82) is 0 Å². The van der Waals surface area contributed by atoms with Gasteiger partial charge in [0.05, 0.1) is 21.1 Å². The lowest BCUT2D eigenvalue weighted by Gasteiger charge is -2.26. The number of imidazole rings is 1. The predicted octanol–water partition coefficient (Wildman–Crippen LogP) is 5.16. The molecule has 102 valence electrons. The summed E-state index contributed by atoms with van der Waals surface area (Å²) in [6.45, 7) is 0. The highest BCUT2D eigenvalue weighted by Crippen LogP contribution is 2.40. The van der Waals surface area contributed by atoms with Crippen LogP contribution < -0.4 is 0 Å². The van der Waals surface area contributed by atoms with Crippen molar-refractivity contribution < 1.29 is 8.78 Å². The Hall–Kier alpha value is -0.870. The number of H-pyrrole nitrogens is 1. The zero-order valence-electron chi connectivity index (χ0n) is 10.0. The third-order valence-corrected chi connectivity index (χ3v) is 4.37. The van der Waals surface area contributed by atoms with Gasteiger partial charge in [-0.25, -0.2) is 13.8 Å². The van der Waals surface area contributed by atoms with Gasteiger partial charge in [0, 0.05) is 18.8 Å². The molecule has 1 saturated carbocycles. The van der Waals surface area contributed by atoms with Gasteiger partial charge in [0.1, 0.15) is 5.82 Å². The molecule has 0 spiro atoms. The molecule has 3 rings (SSSR count). The van der Waals surface area contributed by atoms with Crippen LogP contribution in [-0.4, -0.2) is 15.9 Å². The normalized spacial score (nSPS) is 20.0. The van der Waals surface area contributed by atoms with Crippen LogP contribution in [0.4, 0.5) is 8.78 Å². The summed E-state index contributed by atoms with van der Waals surface area (Å²) >= 11 is 11.9. The van der Waals surface area contributed by atoms with Gasteiger partial charge in [-0.3, -0.25) is 0 Å². The summed E-state index contributed by atoms with van der Waals surface area (Å²) in [6, 6.07) is 3.41. The zero-order chi connectivity index (χ0) is 13.6. The Kier molecular flexibility index (Phi) is 3.18. The van der Waals surface area contributed by atoms with E-state index in [-0.39, 0.29) is 18.8 Å². The van der Waals surface area contributed by atoms with Crippen molar-refractivity contribution in [3.8, 4) is 0 Å². The van der Waals surface area contributed by atoms with E-state index in [4.69, 9.17) is 23.2 Å². The number of halogens is 4. The van der Waals surface area contributed by atoms with E-state index < -0.39 is 5.92 Å². The van der Waals surface area contributed by atoms with E-state index in [0.29, 0.717) is 22.9 Å². The number of aromatic amines is 1. The number of fused-ring (bicyclic) bond motifs is 1. The van der Waals surface area contributed by atoms with E-state index >= 15 is 0 Å². The summed E-state index contributed by atoms with van der Waals surface area (Å²) in [5, 5.41) is 0.905. The minimum absolute atomic E-state index is 0.0598. The SMILES string of the molecule is FC1(F)CCC(c2nc3cc(Cl)c(Cl)cc3[nH]2)CC1. The van der Waals surface area contributed by atoms with Gasteiger partial charge >= 0.3 is 0 Å². The van der Waals surface area contributed by atoms with Crippen molar-refractivity contribution in [2.24, 2.45) is 0 Å². The summed E-state index contributed by atoms with van der Waals surface area (Å²) < 4.78 is 26.3. The highest BCUT2D eigenvalue weighted by molar-refractivity contribution is 6.42. The van der Waals surface area contributed by atoms with Crippen LogP contribution in [0.3, 0.4) is 0 Å². The molecule has 0 atom stereocenters. The highest BCUT2D eigenvalue weighted by Gasteiger charge is 2.36. The van der Waals surface area contributed by atoms with Gasteiger partial charge in [-0.05, 0) is 25.0 Å². The maximum absolute atomic E-state index is 13.1. The Morgan fingerprint density at radius 1 is 1.16 bits per heavy atom. The van der Waals surface area contributed by atoms with Crippen molar-refractivity contribution >= 4 is 34.2 Å². The van der Waals surface area contributed by atoms with Crippen LogP contribution in [-0.2, 0) is 0 Å². The molecular formula is C13H12Cl2F2N2. The molecule has 0 aliphatic heterocycles. The second-order valence-electron chi connectivity index (χ2n) is 5.04. The Morgan fingerprint density at radius 2 is 1.79 bits per heavy atom. The van der Waals surface area contributed by atoms with Crippen LogP contribution in [0.1, 0.15) is 37.4 Å². The maximum Gasteiger partial charge on any atom is 0.248 e. The van der Waals surface area contributed by atoms with Crippen molar-refractivity contribution in [2.45, 2.75) is 37.5 Å². The molecule has 1 aromatic heterocycles. The highest BCUT2D eigenvalue weighted by atomic mass is 35.5. The summed E-state index contributed by atoms with van der Waals surface area (Å²) in [7, 11) is 0. The number of hydrogen-bond donors (Lipinski definition) is 1. The lowest BCUT2D eigenvalue weighted by atomic mass is 9.86. The summed E-state index contributed by atoms with van der Waals surface area (Å²) in [5.74, 6) is -1.71. The maximum atomic E-state index is 13.1. The van der Waals surface area contributed by atoms with E-state index in [0.717, 1.165) is 16.9 Å². The Balaban J connectivity index is 1.90. The van der Waals surface area contributed by atoms with Crippen LogP contribution in [0.15, 0.2) is 12.1 Å². The van der Waals surface area contributed by atoms with E-state index in [1.54, 1.807) is 12.1 Å². The van der Waals surface area contributed by atoms with Crippen molar-refractivity contribution in [2.75, 3.05) is 0 Å². The van der Waals surface area contributed by atoms with Crippen molar-refractivity contribution in [1.82, 2.24) is 9.97 Å². The molecule has 0 amide bonds. The number of alkyl halides is 2. The van der Waals surface area contributed by atoms with Crippen molar-refractivity contribution in [3.05, 3.63) is 28.0 Å². The van der Waals surface area contributed by atoms with Gasteiger partial charge in [-0.15, -0.1) is 0 Å². The van der Waals surface area contributed by atoms with E-state index in [2.05, 4.69) is 9.97 Å². The van der Waals surface area contributed by atoms with Gasteiger partial charge in [0.15, 0.2) is 0 Å². The average Bonchev–Trinajstić information content (AvgIpc) is 2.72. The Bertz CT molecular complexity index is 575. The van der Waals surface area contributed by atoms with Gasteiger partial charge in [0.2, 0.25) is 5.92 Å². The molecule has 1 aliphatic rings. The molecule has 0 bridgehead atoms. The molecule has 1 aromatic carbocycles. The molecular weight excluding hydrogens is 293 g/mol. The third-order valence-electron chi connectivity index (χ3n) is 3.65. The van der Waals surface area contributed by atoms with Crippen molar-refractivity contribution in [3.63, 3.8) is 0 Å². The van der Waals surface area contributed by atoms with Gasteiger partial charge in [-0.2, -0.15) is 0 Å². The molecule has 1 fully saturated rings. The first-order chi connectivity index (χ1) is 8.94. The molecule has 0 saturated heterocycles. The van der Waals surface area contributed by atoms with Gasteiger partial charge in [-0.1, -0.05) is 23.2 Å². The number of nitrogens with zero attached hydrogens (tertiary/aromatic N) is 1. The molecule has 19 heavy (non-hydrogen) atoms. The smallest absolute Gasteiger partial charge is 0.248 e. The fourth-order valence-corrected chi connectivity index (χ4v) is 2.85. The summed E-state index contributed by atoms with van der Waals surface area (Å²) in [4.78, 5) is 7.60. The molecule has 2 nitrogen and oxygen atoms in total. The number of nitrogens with one attached hydrogen (secondary N) is 1. The predicted molar refractivity (Wildman–Crippen MR) is 72.3 cm³/mol. The number of hydrogen-bond acceptors (Lipinski definition) is 1. The second kappa shape index (κ2) is 4.60. The average molecular weight is 305 g/mol. The molecule has 6 heteroatoms. The van der Waals surface area contributed by atoms with E-state index in [1.165, 1.54) is 0 Å². The quantitative estimate of drug-likeness (QED) is 0.774. The first kappa shape index (κ1) is 13.1. The van der Waals surface area contributed by atoms with Crippen LogP contribution in [0.2, 0.25) is 10.0 Å². The van der Waals surface area contributed by atoms with Crippen LogP contribution >= 0.6 is 23.2 Å². The molecule has 1 N–H and O–H groups in total. The van der Waals surface area contributed by atoms with Gasteiger partial charge < -0.3 is 4.98 Å². The molecule has 1 aliphatic carbocycles. The molecule has 0 radical (unpaired) electrons. The molecule has 2 aromatic rings. The van der Waals surface area contributed by atoms with Crippen LogP contribution in [0.5, 0.6) is 0 Å². The third kappa shape index (κ3) is 2.56. The first-order valence-electron chi connectivity index (χ1n) is 6.17. The minimum Gasteiger partial charge on any atom is -0.342 e. The minimum atomic E-state index is -2.52. The summed E-state index contributed by atoms with van der Waals surface area (Å²) in [6.07, 6.45) is 0.759.